The van der Waals surface area contributed by atoms with Crippen LogP contribution in [0.15, 0.2) is 23.2 Å². The maximum absolute atomic E-state index is 12.4. The maximum Gasteiger partial charge on any atom is 0.244 e. The van der Waals surface area contributed by atoms with Gasteiger partial charge in [-0.15, -0.1) is 0 Å². The van der Waals surface area contributed by atoms with Crippen LogP contribution in [0.25, 0.3) is 0 Å². The van der Waals surface area contributed by atoms with Gasteiger partial charge in [0.15, 0.2) is 0 Å². The van der Waals surface area contributed by atoms with E-state index in [2.05, 4.69) is 4.98 Å². The highest BCUT2D eigenvalue weighted by Gasteiger charge is 2.24. The van der Waals surface area contributed by atoms with Crippen LogP contribution in [0.3, 0.4) is 0 Å². The minimum Gasteiger partial charge on any atom is -0.243 e. The molecule has 1 aliphatic rings. The lowest BCUT2D eigenvalue weighted by Gasteiger charge is -2.23. The molecule has 0 aromatic carbocycles. The quantitative estimate of drug-likeness (QED) is 0.786. The maximum atomic E-state index is 12.4. The monoisotopic (exact) mass is 288 g/mol. The fraction of sp³-hybridized carbons (Fsp3) is 0.583. The molecule has 2 heterocycles. The Morgan fingerprint density at radius 1 is 1.06 bits per heavy atom. The van der Waals surface area contributed by atoms with Crippen LogP contribution in [0.4, 0.5) is 0 Å². The van der Waals surface area contributed by atoms with Crippen molar-refractivity contribution in [3.05, 3.63) is 23.5 Å². The number of sulfonamides is 1. The molecule has 0 aliphatic carbocycles. The highest BCUT2D eigenvalue weighted by Crippen LogP contribution is 2.20. The number of halogens is 1. The van der Waals surface area contributed by atoms with Crippen LogP contribution in [0.1, 0.15) is 32.1 Å². The molecule has 1 fully saturated rings. The average Bonchev–Trinajstić information content (AvgIpc) is 2.28. The van der Waals surface area contributed by atoms with Crippen molar-refractivity contribution in [2.45, 2.75) is 37.0 Å². The number of hydrogen-bond acceptors (Lipinski definition) is 3. The minimum atomic E-state index is -3.41. The minimum absolute atomic E-state index is 0.229. The predicted octanol–water partition coefficient (Wildman–Crippen LogP) is 2.69. The van der Waals surface area contributed by atoms with E-state index in [9.17, 15) is 8.42 Å². The second-order valence-electron chi connectivity index (χ2n) is 4.49. The Bertz CT molecular complexity index is 479. The molecule has 0 spiro atoms. The summed E-state index contributed by atoms with van der Waals surface area (Å²) in [5, 5.41) is 0.307. The molecular weight excluding hydrogens is 272 g/mol. The summed E-state index contributed by atoms with van der Waals surface area (Å²) < 4.78 is 26.4. The van der Waals surface area contributed by atoms with E-state index in [0.29, 0.717) is 18.2 Å². The first-order valence-electron chi connectivity index (χ1n) is 6.22. The van der Waals surface area contributed by atoms with Crippen molar-refractivity contribution < 1.29 is 8.42 Å². The van der Waals surface area contributed by atoms with Gasteiger partial charge in [-0.25, -0.2) is 13.4 Å². The number of pyridine rings is 1. The van der Waals surface area contributed by atoms with E-state index in [1.165, 1.54) is 24.8 Å². The van der Waals surface area contributed by atoms with Crippen LogP contribution in [-0.2, 0) is 10.0 Å². The Kier molecular flexibility index (Phi) is 4.59. The predicted molar refractivity (Wildman–Crippen MR) is 71.1 cm³/mol. The fourth-order valence-electron chi connectivity index (χ4n) is 2.12. The first-order valence-corrected chi connectivity index (χ1v) is 8.04. The summed E-state index contributed by atoms with van der Waals surface area (Å²) in [6.45, 7) is 1.20. The van der Waals surface area contributed by atoms with E-state index < -0.39 is 10.0 Å². The molecule has 2 rings (SSSR count). The Morgan fingerprint density at radius 3 is 2.22 bits per heavy atom. The molecule has 0 amide bonds. The lowest BCUT2D eigenvalue weighted by Crippen LogP contribution is -2.33. The van der Waals surface area contributed by atoms with Gasteiger partial charge in [-0.05, 0) is 25.0 Å². The van der Waals surface area contributed by atoms with Gasteiger partial charge in [0.25, 0.3) is 0 Å². The van der Waals surface area contributed by atoms with Crippen LogP contribution in [-0.4, -0.2) is 30.8 Å². The van der Waals surface area contributed by atoms with Crippen molar-refractivity contribution in [2.24, 2.45) is 0 Å². The Morgan fingerprint density at radius 2 is 1.67 bits per heavy atom. The molecule has 1 aromatic rings. The first-order chi connectivity index (χ1) is 8.60. The van der Waals surface area contributed by atoms with Gasteiger partial charge in [0, 0.05) is 19.3 Å². The van der Waals surface area contributed by atoms with Crippen molar-refractivity contribution in [2.75, 3.05) is 13.1 Å². The summed E-state index contributed by atoms with van der Waals surface area (Å²) >= 11 is 5.68. The van der Waals surface area contributed by atoms with E-state index >= 15 is 0 Å². The summed E-state index contributed by atoms with van der Waals surface area (Å²) in [4.78, 5) is 4.07. The second kappa shape index (κ2) is 5.99. The van der Waals surface area contributed by atoms with Crippen molar-refractivity contribution in [3.63, 3.8) is 0 Å². The highest BCUT2D eigenvalue weighted by atomic mass is 35.5. The van der Waals surface area contributed by atoms with Crippen LogP contribution in [0.5, 0.6) is 0 Å². The molecule has 0 bridgehead atoms. The number of aromatic nitrogens is 1. The smallest absolute Gasteiger partial charge is 0.243 e. The molecule has 0 saturated carbocycles. The zero-order chi connectivity index (χ0) is 13.0. The Balaban J connectivity index is 2.20. The van der Waals surface area contributed by atoms with Gasteiger partial charge >= 0.3 is 0 Å². The van der Waals surface area contributed by atoms with Crippen molar-refractivity contribution in [3.8, 4) is 0 Å². The summed E-state index contributed by atoms with van der Waals surface area (Å²) in [7, 11) is -3.41. The number of rotatable bonds is 2. The van der Waals surface area contributed by atoms with Crippen LogP contribution in [0.2, 0.25) is 5.15 Å². The van der Waals surface area contributed by atoms with Gasteiger partial charge in [-0.1, -0.05) is 30.9 Å². The summed E-state index contributed by atoms with van der Waals surface area (Å²) in [5.41, 5.74) is 0. The molecule has 100 valence electrons. The normalized spacial score (nSPS) is 19.2. The standard InChI is InChI=1S/C12H17ClN2O2S/c13-12-7-6-11(10-14-12)18(16,17)15-8-4-2-1-3-5-9-15/h6-7,10H,1-5,8-9H2. The molecule has 1 aliphatic heterocycles. The Hall–Kier alpha value is -0.650. The average molecular weight is 289 g/mol. The molecular formula is C12H17ClN2O2S. The largest absolute Gasteiger partial charge is 0.244 e. The molecule has 0 radical (unpaired) electrons. The van der Waals surface area contributed by atoms with Gasteiger partial charge < -0.3 is 0 Å². The van der Waals surface area contributed by atoms with Crippen LogP contribution in [0, 0.1) is 0 Å². The molecule has 1 aromatic heterocycles. The van der Waals surface area contributed by atoms with Gasteiger partial charge in [-0.2, -0.15) is 4.31 Å². The van der Waals surface area contributed by atoms with Gasteiger partial charge in [-0.3, -0.25) is 0 Å². The SMILES string of the molecule is O=S(=O)(c1ccc(Cl)nc1)N1CCCCCCC1. The van der Waals surface area contributed by atoms with Crippen molar-refractivity contribution in [1.29, 1.82) is 0 Å². The molecule has 0 atom stereocenters. The van der Waals surface area contributed by atoms with Crippen molar-refractivity contribution >= 4 is 21.6 Å². The topological polar surface area (TPSA) is 50.3 Å². The third-order valence-corrected chi connectivity index (χ3v) is 5.26. The van der Waals surface area contributed by atoms with Gasteiger partial charge in [0.05, 0.1) is 0 Å². The summed E-state index contributed by atoms with van der Waals surface area (Å²) in [6.07, 6.45) is 6.60. The lowest BCUT2D eigenvalue weighted by molar-refractivity contribution is 0.364. The number of hydrogen-bond donors (Lipinski definition) is 0. The lowest BCUT2D eigenvalue weighted by atomic mass is 10.1. The van der Waals surface area contributed by atoms with E-state index in [1.54, 1.807) is 4.31 Å². The Labute approximate surface area is 113 Å². The zero-order valence-corrected chi connectivity index (χ0v) is 11.8. The van der Waals surface area contributed by atoms with E-state index in [-0.39, 0.29) is 4.90 Å². The molecule has 6 heteroatoms. The molecule has 1 saturated heterocycles. The van der Waals surface area contributed by atoms with E-state index in [0.717, 1.165) is 25.7 Å². The molecule has 4 nitrogen and oxygen atoms in total. The zero-order valence-electron chi connectivity index (χ0n) is 10.2. The molecule has 18 heavy (non-hydrogen) atoms. The first kappa shape index (κ1) is 13.8. The molecule has 0 unspecified atom stereocenters. The second-order valence-corrected chi connectivity index (χ2v) is 6.81. The van der Waals surface area contributed by atoms with E-state index in [4.69, 9.17) is 11.6 Å². The molecule has 0 N–H and O–H groups in total. The van der Waals surface area contributed by atoms with Crippen LogP contribution < -0.4 is 0 Å². The highest BCUT2D eigenvalue weighted by molar-refractivity contribution is 7.89. The van der Waals surface area contributed by atoms with Crippen LogP contribution >= 0.6 is 11.6 Å². The number of nitrogens with zero attached hydrogens (tertiary/aromatic N) is 2. The third-order valence-electron chi connectivity index (χ3n) is 3.15. The van der Waals surface area contributed by atoms with Gasteiger partial charge in [0.1, 0.15) is 10.0 Å². The third kappa shape index (κ3) is 3.22. The fourth-order valence-corrected chi connectivity index (χ4v) is 3.70. The summed E-state index contributed by atoms with van der Waals surface area (Å²) in [6, 6.07) is 3.03. The van der Waals surface area contributed by atoms with E-state index in [1.807, 2.05) is 0 Å². The van der Waals surface area contributed by atoms with Gasteiger partial charge in [0.2, 0.25) is 10.0 Å². The summed E-state index contributed by atoms with van der Waals surface area (Å²) in [5.74, 6) is 0. The van der Waals surface area contributed by atoms with Crippen molar-refractivity contribution in [1.82, 2.24) is 9.29 Å².